The van der Waals surface area contributed by atoms with Gasteiger partial charge < -0.3 is 9.30 Å². The summed E-state index contributed by atoms with van der Waals surface area (Å²) in [7, 11) is 3.14. The highest BCUT2D eigenvalue weighted by Crippen LogP contribution is 2.16. The molecule has 1 amide bonds. The molecule has 1 heterocycles. The molecule has 6 heteroatoms. The number of aryl methyl sites for hydroxylation is 2. The second-order valence-electron chi connectivity index (χ2n) is 5.18. The Bertz CT molecular complexity index is 514. The first-order valence-corrected chi connectivity index (χ1v) is 5.63. The third kappa shape index (κ3) is 3.32. The van der Waals surface area contributed by atoms with Crippen molar-refractivity contribution in [1.82, 2.24) is 9.55 Å². The molecular weight excluding hydrogens is 234 g/mol. The second-order valence-corrected chi connectivity index (χ2v) is 5.18. The van der Waals surface area contributed by atoms with E-state index in [-0.39, 0.29) is 0 Å². The van der Waals surface area contributed by atoms with Crippen molar-refractivity contribution in [2.45, 2.75) is 33.3 Å². The lowest BCUT2D eigenvalue weighted by atomic mass is 10.2. The van der Waals surface area contributed by atoms with Gasteiger partial charge in [0.05, 0.1) is 0 Å². The van der Waals surface area contributed by atoms with Crippen LogP contribution in [0.15, 0.2) is 11.0 Å². The lowest BCUT2D eigenvalue weighted by Crippen LogP contribution is -2.36. The third-order valence-electron chi connectivity index (χ3n) is 2.23. The monoisotopic (exact) mass is 253 g/mol. The van der Waals surface area contributed by atoms with E-state index in [4.69, 9.17) is 4.74 Å². The van der Waals surface area contributed by atoms with Gasteiger partial charge in [0.25, 0.3) is 0 Å². The van der Waals surface area contributed by atoms with Crippen LogP contribution in [-0.4, -0.2) is 28.3 Å². The van der Waals surface area contributed by atoms with Gasteiger partial charge in [0, 0.05) is 25.9 Å². The zero-order valence-corrected chi connectivity index (χ0v) is 11.6. The normalized spacial score (nSPS) is 11.2. The number of aromatic nitrogens is 2. The summed E-state index contributed by atoms with van der Waals surface area (Å²) in [4.78, 5) is 28.4. The smallest absolute Gasteiger partial charge is 0.415 e. The van der Waals surface area contributed by atoms with Crippen LogP contribution < -0.4 is 10.6 Å². The molecule has 18 heavy (non-hydrogen) atoms. The molecule has 0 aliphatic rings. The number of carbonyl (C=O) groups is 1. The average molecular weight is 253 g/mol. The summed E-state index contributed by atoms with van der Waals surface area (Å²) in [5, 5.41) is 0. The molecule has 1 aromatic rings. The van der Waals surface area contributed by atoms with Crippen LogP contribution in [0.3, 0.4) is 0 Å². The fourth-order valence-electron chi connectivity index (χ4n) is 1.42. The van der Waals surface area contributed by atoms with Crippen LogP contribution in [-0.2, 0) is 11.8 Å². The highest BCUT2D eigenvalue weighted by Gasteiger charge is 2.22. The SMILES string of the molecule is Cc1cn(C)c(=O)nc1N(C)C(=O)OC(C)(C)C. The number of hydrogen-bond donors (Lipinski definition) is 0. The summed E-state index contributed by atoms with van der Waals surface area (Å²) >= 11 is 0. The molecule has 0 atom stereocenters. The Morgan fingerprint density at radius 2 is 2.00 bits per heavy atom. The summed E-state index contributed by atoms with van der Waals surface area (Å²) < 4.78 is 6.58. The van der Waals surface area contributed by atoms with Crippen LogP contribution in [0.25, 0.3) is 0 Å². The van der Waals surface area contributed by atoms with Crippen LogP contribution in [0.4, 0.5) is 10.6 Å². The molecule has 1 aromatic heterocycles. The van der Waals surface area contributed by atoms with Crippen molar-refractivity contribution in [3.05, 3.63) is 22.2 Å². The van der Waals surface area contributed by atoms with Gasteiger partial charge in [-0.1, -0.05) is 0 Å². The molecule has 0 aromatic carbocycles. The van der Waals surface area contributed by atoms with Crippen molar-refractivity contribution < 1.29 is 9.53 Å². The maximum atomic E-state index is 11.9. The van der Waals surface area contributed by atoms with Crippen molar-refractivity contribution in [2.24, 2.45) is 7.05 Å². The van der Waals surface area contributed by atoms with Gasteiger partial charge in [-0.2, -0.15) is 4.98 Å². The number of carbonyl (C=O) groups excluding carboxylic acids is 1. The molecule has 6 nitrogen and oxygen atoms in total. The van der Waals surface area contributed by atoms with Gasteiger partial charge in [0.15, 0.2) is 0 Å². The Kier molecular flexibility index (Phi) is 3.79. The van der Waals surface area contributed by atoms with Gasteiger partial charge in [-0.15, -0.1) is 0 Å². The first kappa shape index (κ1) is 14.2. The first-order valence-electron chi connectivity index (χ1n) is 5.63. The fourth-order valence-corrected chi connectivity index (χ4v) is 1.42. The van der Waals surface area contributed by atoms with Gasteiger partial charge in [0.1, 0.15) is 11.4 Å². The zero-order valence-electron chi connectivity index (χ0n) is 11.6. The van der Waals surface area contributed by atoms with Crippen LogP contribution in [0.5, 0.6) is 0 Å². The van der Waals surface area contributed by atoms with Gasteiger partial charge >= 0.3 is 11.8 Å². The van der Waals surface area contributed by atoms with E-state index in [1.165, 1.54) is 16.5 Å². The van der Waals surface area contributed by atoms with Gasteiger partial charge in [-0.25, -0.2) is 9.59 Å². The van der Waals surface area contributed by atoms with E-state index in [0.717, 1.165) is 5.56 Å². The number of ether oxygens (including phenoxy) is 1. The molecule has 0 bridgehead atoms. The topological polar surface area (TPSA) is 64.4 Å². The molecule has 100 valence electrons. The molecule has 0 unspecified atom stereocenters. The summed E-state index contributed by atoms with van der Waals surface area (Å²) in [5.41, 5.74) is -0.268. The van der Waals surface area contributed by atoms with Crippen LogP contribution in [0.2, 0.25) is 0 Å². The minimum atomic E-state index is -0.584. The minimum absolute atomic E-state index is 0.312. The van der Waals surface area contributed by atoms with E-state index < -0.39 is 17.4 Å². The van der Waals surface area contributed by atoms with E-state index in [1.54, 1.807) is 40.9 Å². The second kappa shape index (κ2) is 4.80. The summed E-state index contributed by atoms with van der Waals surface area (Å²) in [6, 6.07) is 0. The lowest BCUT2D eigenvalue weighted by Gasteiger charge is -2.24. The van der Waals surface area contributed by atoms with Crippen LogP contribution >= 0.6 is 0 Å². The maximum Gasteiger partial charge on any atom is 0.415 e. The first-order chi connectivity index (χ1) is 8.11. The predicted octanol–water partition coefficient (Wildman–Crippen LogP) is 1.46. The molecular formula is C12H19N3O3. The predicted molar refractivity (Wildman–Crippen MR) is 68.9 cm³/mol. The molecule has 0 fully saturated rings. The van der Waals surface area contributed by atoms with Gasteiger partial charge in [-0.3, -0.25) is 4.90 Å². The number of amides is 1. The average Bonchev–Trinajstić information content (AvgIpc) is 2.20. The van der Waals surface area contributed by atoms with E-state index in [0.29, 0.717) is 5.82 Å². The third-order valence-corrected chi connectivity index (χ3v) is 2.23. The molecule has 0 aliphatic carbocycles. The summed E-state index contributed by atoms with van der Waals surface area (Å²) in [6.45, 7) is 7.12. The zero-order chi connectivity index (χ0) is 14.1. The standard InChI is InChI=1S/C12H19N3O3/c1-8-7-14(5)10(16)13-9(8)15(6)11(17)18-12(2,3)4/h7H,1-6H3. The fraction of sp³-hybridized carbons (Fsp3) is 0.583. The number of hydrogen-bond acceptors (Lipinski definition) is 4. The van der Waals surface area contributed by atoms with Crippen molar-refractivity contribution in [1.29, 1.82) is 0 Å². The minimum Gasteiger partial charge on any atom is -0.443 e. The van der Waals surface area contributed by atoms with E-state index in [1.807, 2.05) is 0 Å². The number of anilines is 1. The van der Waals surface area contributed by atoms with Crippen LogP contribution in [0, 0.1) is 6.92 Å². The van der Waals surface area contributed by atoms with E-state index in [2.05, 4.69) is 4.98 Å². The Labute approximate surface area is 106 Å². The highest BCUT2D eigenvalue weighted by atomic mass is 16.6. The number of nitrogens with zero attached hydrogens (tertiary/aromatic N) is 3. The summed E-state index contributed by atoms with van der Waals surface area (Å²) in [5.74, 6) is 0.312. The van der Waals surface area contributed by atoms with E-state index in [9.17, 15) is 9.59 Å². The highest BCUT2D eigenvalue weighted by molar-refractivity contribution is 5.86. The van der Waals surface area contributed by atoms with Crippen molar-refractivity contribution in [3.63, 3.8) is 0 Å². The maximum absolute atomic E-state index is 11.9. The van der Waals surface area contributed by atoms with Gasteiger partial charge in [0.2, 0.25) is 0 Å². The van der Waals surface area contributed by atoms with Crippen molar-refractivity contribution in [2.75, 3.05) is 11.9 Å². The Balaban J connectivity index is 3.04. The van der Waals surface area contributed by atoms with Crippen LogP contribution in [0.1, 0.15) is 26.3 Å². The quantitative estimate of drug-likeness (QED) is 0.760. The molecule has 0 aliphatic heterocycles. The molecule has 0 spiro atoms. The Hall–Kier alpha value is -1.85. The molecule has 0 radical (unpaired) electrons. The van der Waals surface area contributed by atoms with Crippen molar-refractivity contribution >= 4 is 11.9 Å². The number of rotatable bonds is 1. The molecule has 0 saturated heterocycles. The molecule has 0 saturated carbocycles. The van der Waals surface area contributed by atoms with E-state index >= 15 is 0 Å². The summed E-state index contributed by atoms with van der Waals surface area (Å²) in [6.07, 6.45) is 1.09. The van der Waals surface area contributed by atoms with Gasteiger partial charge in [-0.05, 0) is 27.7 Å². The van der Waals surface area contributed by atoms with Crippen molar-refractivity contribution in [3.8, 4) is 0 Å². The lowest BCUT2D eigenvalue weighted by molar-refractivity contribution is 0.0588. The molecule has 1 rings (SSSR count). The Morgan fingerprint density at radius 1 is 1.44 bits per heavy atom. The largest absolute Gasteiger partial charge is 0.443 e. The Morgan fingerprint density at radius 3 is 2.50 bits per heavy atom. The molecule has 0 N–H and O–H groups in total.